The molecular weight excluding hydrogens is 470 g/mol. The Morgan fingerprint density at radius 1 is 1.15 bits per heavy atom. The molecule has 2 heterocycles. The quantitative estimate of drug-likeness (QED) is 0.280. The van der Waals surface area contributed by atoms with Gasteiger partial charge in [0.05, 0.1) is 20.5 Å². The van der Waals surface area contributed by atoms with Gasteiger partial charge in [-0.2, -0.15) is 0 Å². The van der Waals surface area contributed by atoms with Crippen LogP contribution in [0.5, 0.6) is 0 Å². The van der Waals surface area contributed by atoms with Gasteiger partial charge in [0.25, 0.3) is 16.8 Å². The number of anilines is 2. The number of nitro groups is 1. The molecule has 3 aromatic rings. The predicted octanol–water partition coefficient (Wildman–Crippen LogP) is 5.71. The number of imide groups is 1. The van der Waals surface area contributed by atoms with Gasteiger partial charge in [-0.1, -0.05) is 11.6 Å². The van der Waals surface area contributed by atoms with E-state index in [0.29, 0.717) is 28.5 Å². The Hall–Kier alpha value is -3.89. The second-order valence-electron chi connectivity index (χ2n) is 6.87. The number of amides is 3. The summed E-state index contributed by atoms with van der Waals surface area (Å²) in [5.41, 5.74) is 1.22. The molecule has 0 atom stereocenters. The zero-order valence-electron chi connectivity index (χ0n) is 16.9. The topological polar surface area (TPSA) is 123 Å². The lowest BCUT2D eigenvalue weighted by molar-refractivity contribution is -0.384. The second-order valence-corrected chi connectivity index (χ2v) is 8.27. The molecule has 1 saturated heterocycles. The first kappa shape index (κ1) is 22.3. The van der Waals surface area contributed by atoms with Gasteiger partial charge in [0.15, 0.2) is 0 Å². The summed E-state index contributed by atoms with van der Waals surface area (Å²) in [4.78, 5) is 48.0. The van der Waals surface area contributed by atoms with Crippen LogP contribution in [0.25, 0.3) is 17.4 Å². The molecule has 0 radical (unpaired) electrons. The van der Waals surface area contributed by atoms with Crippen LogP contribution in [-0.2, 0) is 9.59 Å². The normalized spacial score (nSPS) is 14.7. The van der Waals surface area contributed by atoms with E-state index < -0.39 is 16.1 Å². The van der Waals surface area contributed by atoms with Crippen molar-refractivity contribution in [3.63, 3.8) is 0 Å². The van der Waals surface area contributed by atoms with Crippen LogP contribution >= 0.6 is 23.4 Å². The molecule has 3 amide bonds. The number of hydrogen-bond acceptors (Lipinski definition) is 7. The molecule has 0 spiro atoms. The van der Waals surface area contributed by atoms with Crippen molar-refractivity contribution in [2.75, 3.05) is 10.2 Å². The third-order valence-corrected chi connectivity index (χ3v) is 5.75. The van der Waals surface area contributed by atoms with Crippen molar-refractivity contribution in [2.24, 2.45) is 0 Å². The zero-order chi connectivity index (χ0) is 23.7. The van der Waals surface area contributed by atoms with Crippen molar-refractivity contribution in [3.8, 4) is 11.3 Å². The highest BCUT2D eigenvalue weighted by Gasteiger charge is 2.36. The van der Waals surface area contributed by atoms with Gasteiger partial charge in [-0.15, -0.1) is 0 Å². The third-order valence-electron chi connectivity index (χ3n) is 4.57. The molecule has 33 heavy (non-hydrogen) atoms. The van der Waals surface area contributed by atoms with Crippen LogP contribution in [-0.4, -0.2) is 22.0 Å². The SMILES string of the molecule is CC(=O)Nc1ccc(N2C(=O)S/C(=C/c3ccc(-c4ccc([N+](=O)[O-])cc4Cl)o3)C2=O)cc1. The monoisotopic (exact) mass is 483 g/mol. The maximum absolute atomic E-state index is 12.8. The second kappa shape index (κ2) is 8.93. The molecule has 1 aliphatic rings. The molecule has 1 aliphatic heterocycles. The van der Waals surface area contributed by atoms with E-state index in [1.54, 1.807) is 36.4 Å². The van der Waals surface area contributed by atoms with E-state index in [1.165, 1.54) is 31.2 Å². The van der Waals surface area contributed by atoms with Crippen molar-refractivity contribution in [2.45, 2.75) is 6.92 Å². The van der Waals surface area contributed by atoms with Gasteiger partial charge in [0.2, 0.25) is 5.91 Å². The summed E-state index contributed by atoms with van der Waals surface area (Å²) >= 11 is 6.91. The van der Waals surface area contributed by atoms with E-state index in [4.69, 9.17) is 16.0 Å². The summed E-state index contributed by atoms with van der Waals surface area (Å²) in [6, 6.07) is 13.5. The van der Waals surface area contributed by atoms with Crippen LogP contribution in [0.3, 0.4) is 0 Å². The molecule has 166 valence electrons. The summed E-state index contributed by atoms with van der Waals surface area (Å²) in [6.07, 6.45) is 1.44. The molecule has 1 N–H and O–H groups in total. The first-order chi connectivity index (χ1) is 15.7. The lowest BCUT2D eigenvalue weighted by atomic mass is 10.1. The van der Waals surface area contributed by atoms with Gasteiger partial charge in [-0.3, -0.25) is 24.5 Å². The van der Waals surface area contributed by atoms with Crippen molar-refractivity contribution in [3.05, 3.63) is 80.4 Å². The molecule has 9 nitrogen and oxygen atoms in total. The zero-order valence-corrected chi connectivity index (χ0v) is 18.5. The van der Waals surface area contributed by atoms with E-state index in [9.17, 15) is 24.5 Å². The van der Waals surface area contributed by atoms with E-state index in [0.717, 1.165) is 16.7 Å². The van der Waals surface area contributed by atoms with Crippen LogP contribution in [0, 0.1) is 10.1 Å². The maximum Gasteiger partial charge on any atom is 0.298 e. The van der Waals surface area contributed by atoms with Crippen LogP contribution in [0.15, 0.2) is 63.9 Å². The number of nitro benzene ring substituents is 1. The van der Waals surface area contributed by atoms with Crippen molar-refractivity contribution in [1.29, 1.82) is 0 Å². The number of hydrogen-bond donors (Lipinski definition) is 1. The Morgan fingerprint density at radius 3 is 2.52 bits per heavy atom. The standard InChI is InChI=1S/C22H14ClN3O6S/c1-12(27)24-13-2-4-14(5-3-13)25-21(28)20(33-22(25)29)11-16-7-9-19(32-16)17-8-6-15(26(30)31)10-18(17)23/h2-11H,1H3,(H,24,27)/b20-11+. The van der Waals surface area contributed by atoms with Crippen molar-refractivity contribution in [1.82, 2.24) is 0 Å². The summed E-state index contributed by atoms with van der Waals surface area (Å²) in [7, 11) is 0. The summed E-state index contributed by atoms with van der Waals surface area (Å²) in [6.45, 7) is 1.38. The lowest BCUT2D eigenvalue weighted by Crippen LogP contribution is -2.27. The van der Waals surface area contributed by atoms with Crippen LogP contribution in [0.1, 0.15) is 12.7 Å². The van der Waals surface area contributed by atoms with Gasteiger partial charge in [-0.05, 0) is 54.2 Å². The van der Waals surface area contributed by atoms with Crippen LogP contribution in [0.4, 0.5) is 21.9 Å². The Labute approximate surface area is 196 Å². The number of nitrogens with one attached hydrogen (secondary N) is 1. The van der Waals surface area contributed by atoms with E-state index in [-0.39, 0.29) is 21.5 Å². The number of halogens is 1. The molecule has 0 aliphatic carbocycles. The molecule has 4 rings (SSSR count). The molecule has 0 bridgehead atoms. The number of carbonyl (C=O) groups excluding carboxylic acids is 3. The average Bonchev–Trinajstić information content (AvgIpc) is 3.32. The van der Waals surface area contributed by atoms with E-state index >= 15 is 0 Å². The van der Waals surface area contributed by atoms with Crippen molar-refractivity contribution < 1.29 is 23.7 Å². The Morgan fingerprint density at radius 2 is 1.88 bits per heavy atom. The molecular formula is C22H14ClN3O6S. The third kappa shape index (κ3) is 4.66. The minimum atomic E-state index is -0.549. The number of furan rings is 1. The Bertz CT molecular complexity index is 1330. The average molecular weight is 484 g/mol. The summed E-state index contributed by atoms with van der Waals surface area (Å²) in [5, 5.41) is 13.2. The molecule has 11 heteroatoms. The maximum atomic E-state index is 12.8. The van der Waals surface area contributed by atoms with E-state index in [1.807, 2.05) is 0 Å². The highest BCUT2D eigenvalue weighted by molar-refractivity contribution is 8.19. The fraction of sp³-hybridized carbons (Fsp3) is 0.0455. The number of non-ortho nitro benzene ring substituents is 1. The summed E-state index contributed by atoms with van der Waals surface area (Å²) in [5.74, 6) is -0.0758. The largest absolute Gasteiger partial charge is 0.457 e. The van der Waals surface area contributed by atoms with Gasteiger partial charge >= 0.3 is 0 Å². The fourth-order valence-corrected chi connectivity index (χ4v) is 4.20. The van der Waals surface area contributed by atoms with Gasteiger partial charge < -0.3 is 9.73 Å². The molecule has 2 aromatic carbocycles. The fourth-order valence-electron chi connectivity index (χ4n) is 3.11. The number of rotatable bonds is 5. The van der Waals surface area contributed by atoms with Crippen LogP contribution in [0.2, 0.25) is 5.02 Å². The summed E-state index contributed by atoms with van der Waals surface area (Å²) < 4.78 is 5.72. The van der Waals surface area contributed by atoms with Crippen molar-refractivity contribution >= 4 is 63.6 Å². The van der Waals surface area contributed by atoms with Gasteiger partial charge in [-0.25, -0.2) is 4.90 Å². The Kier molecular flexibility index (Phi) is 6.03. The lowest BCUT2D eigenvalue weighted by Gasteiger charge is -2.13. The minimum absolute atomic E-state index is 0.144. The number of carbonyl (C=O) groups is 3. The first-order valence-electron chi connectivity index (χ1n) is 9.42. The van der Waals surface area contributed by atoms with Gasteiger partial charge in [0, 0.05) is 36.4 Å². The molecule has 0 unspecified atom stereocenters. The highest BCUT2D eigenvalue weighted by atomic mass is 35.5. The molecule has 1 fully saturated rings. The van der Waals surface area contributed by atoms with E-state index in [2.05, 4.69) is 5.32 Å². The smallest absolute Gasteiger partial charge is 0.298 e. The molecule has 1 aromatic heterocycles. The van der Waals surface area contributed by atoms with Gasteiger partial charge in [0.1, 0.15) is 11.5 Å². The Balaban J connectivity index is 1.55. The number of thioether (sulfide) groups is 1. The minimum Gasteiger partial charge on any atom is -0.457 e. The number of benzene rings is 2. The first-order valence-corrected chi connectivity index (χ1v) is 10.6. The van der Waals surface area contributed by atoms with Crippen LogP contribution < -0.4 is 10.2 Å². The molecule has 0 saturated carbocycles. The number of nitrogens with zero attached hydrogens (tertiary/aromatic N) is 2. The highest BCUT2D eigenvalue weighted by Crippen LogP contribution is 2.37. The predicted molar refractivity (Wildman–Crippen MR) is 125 cm³/mol.